The predicted octanol–water partition coefficient (Wildman–Crippen LogP) is 1.42. The predicted molar refractivity (Wildman–Crippen MR) is 84.7 cm³/mol. The molecular weight excluding hydrogens is 286 g/mol. The van der Waals surface area contributed by atoms with Crippen molar-refractivity contribution in [3.8, 4) is 0 Å². The maximum Gasteiger partial charge on any atom is 0.277 e. The maximum atomic E-state index is 12.0. The van der Waals surface area contributed by atoms with Crippen LogP contribution in [0.25, 0.3) is 0 Å². The van der Waals surface area contributed by atoms with Gasteiger partial charge in [-0.3, -0.25) is 0 Å². The van der Waals surface area contributed by atoms with Crippen molar-refractivity contribution in [3.05, 3.63) is 29.8 Å². The molecule has 1 saturated carbocycles. The molecule has 21 heavy (non-hydrogen) atoms. The quantitative estimate of drug-likeness (QED) is 0.835. The zero-order chi connectivity index (χ0) is 14.7. The Balaban J connectivity index is 1.48. The van der Waals surface area contributed by atoms with Crippen LogP contribution >= 0.6 is 0 Å². The zero-order valence-electron chi connectivity index (χ0n) is 12.2. The summed E-state index contributed by atoms with van der Waals surface area (Å²) < 4.78 is 29.3. The van der Waals surface area contributed by atoms with Crippen molar-refractivity contribution in [1.82, 2.24) is 9.44 Å². The summed E-state index contributed by atoms with van der Waals surface area (Å²) in [5.41, 5.74) is 2.59. The number of fused-ring (bicyclic) bond motifs is 1. The molecule has 1 aliphatic heterocycles. The van der Waals surface area contributed by atoms with Crippen LogP contribution in [0.5, 0.6) is 0 Å². The molecule has 116 valence electrons. The minimum absolute atomic E-state index is 0.120. The second kappa shape index (κ2) is 6.34. The molecule has 0 spiro atoms. The van der Waals surface area contributed by atoms with E-state index in [9.17, 15) is 8.42 Å². The molecule has 1 aromatic rings. The summed E-state index contributed by atoms with van der Waals surface area (Å²) in [5, 5.41) is 0. The van der Waals surface area contributed by atoms with E-state index in [4.69, 9.17) is 0 Å². The Kier molecular flexibility index (Phi) is 4.47. The lowest BCUT2D eigenvalue weighted by Gasteiger charge is -2.20. The number of rotatable bonds is 6. The Hall–Kier alpha value is -1.11. The van der Waals surface area contributed by atoms with Gasteiger partial charge < -0.3 is 4.90 Å². The third kappa shape index (κ3) is 3.75. The topological polar surface area (TPSA) is 61.4 Å². The van der Waals surface area contributed by atoms with E-state index in [-0.39, 0.29) is 6.04 Å². The van der Waals surface area contributed by atoms with Crippen LogP contribution < -0.4 is 14.3 Å². The standard InChI is InChI=1S/C15H23N3O2S/c19-21(20,17-14-6-2-3-7-14)16-10-12-18-11-9-13-5-1-4-8-15(13)18/h1,4-5,8,14,16-17H,2-3,6-7,9-12H2. The number of nitrogens with zero attached hydrogens (tertiary/aromatic N) is 1. The van der Waals surface area contributed by atoms with Crippen LogP contribution in [-0.4, -0.2) is 34.1 Å². The van der Waals surface area contributed by atoms with Gasteiger partial charge in [0.15, 0.2) is 0 Å². The molecular formula is C15H23N3O2S. The SMILES string of the molecule is O=S(=O)(NCCN1CCc2ccccc21)NC1CCCC1. The minimum atomic E-state index is -3.36. The van der Waals surface area contributed by atoms with Crippen molar-refractivity contribution in [2.45, 2.75) is 38.1 Å². The highest BCUT2D eigenvalue weighted by molar-refractivity contribution is 7.87. The highest BCUT2D eigenvalue weighted by Crippen LogP contribution is 2.26. The van der Waals surface area contributed by atoms with E-state index in [1.807, 2.05) is 6.07 Å². The monoisotopic (exact) mass is 309 g/mol. The Morgan fingerprint density at radius 2 is 1.95 bits per heavy atom. The molecule has 3 rings (SSSR count). The maximum absolute atomic E-state index is 12.0. The Bertz CT molecular complexity index is 582. The van der Waals surface area contributed by atoms with E-state index < -0.39 is 10.2 Å². The molecule has 2 aliphatic rings. The Labute approximate surface area is 126 Å². The summed E-state index contributed by atoms with van der Waals surface area (Å²) in [7, 11) is -3.36. The van der Waals surface area contributed by atoms with Crippen LogP contribution in [0, 0.1) is 0 Å². The largest absolute Gasteiger partial charge is 0.370 e. The van der Waals surface area contributed by atoms with Crippen LogP contribution in [0.4, 0.5) is 5.69 Å². The normalized spacial score (nSPS) is 19.1. The molecule has 6 heteroatoms. The lowest BCUT2D eigenvalue weighted by atomic mass is 10.2. The summed E-state index contributed by atoms with van der Waals surface area (Å²) >= 11 is 0. The van der Waals surface area contributed by atoms with Gasteiger partial charge >= 0.3 is 0 Å². The van der Waals surface area contributed by atoms with E-state index in [1.54, 1.807) is 0 Å². The van der Waals surface area contributed by atoms with Gasteiger partial charge in [0.2, 0.25) is 0 Å². The van der Waals surface area contributed by atoms with Crippen LogP contribution in [0.2, 0.25) is 0 Å². The van der Waals surface area contributed by atoms with E-state index in [2.05, 4.69) is 32.5 Å². The molecule has 2 N–H and O–H groups in total. The third-order valence-electron chi connectivity index (χ3n) is 4.33. The van der Waals surface area contributed by atoms with E-state index in [0.29, 0.717) is 13.1 Å². The molecule has 1 fully saturated rings. The van der Waals surface area contributed by atoms with Gasteiger partial charge in [0.25, 0.3) is 10.2 Å². The summed E-state index contributed by atoms with van der Waals surface area (Å²) in [5.74, 6) is 0. The van der Waals surface area contributed by atoms with Crippen molar-refractivity contribution in [3.63, 3.8) is 0 Å². The number of anilines is 1. The van der Waals surface area contributed by atoms with Gasteiger partial charge in [-0.25, -0.2) is 4.72 Å². The fourth-order valence-corrected chi connectivity index (χ4v) is 4.38. The van der Waals surface area contributed by atoms with Crippen molar-refractivity contribution in [2.75, 3.05) is 24.5 Å². The summed E-state index contributed by atoms with van der Waals surface area (Å²) in [6.07, 6.45) is 5.21. The van der Waals surface area contributed by atoms with E-state index in [0.717, 1.165) is 38.6 Å². The van der Waals surface area contributed by atoms with Crippen molar-refractivity contribution < 1.29 is 8.42 Å². The van der Waals surface area contributed by atoms with Crippen LogP contribution in [-0.2, 0) is 16.6 Å². The molecule has 0 amide bonds. The number of nitrogens with one attached hydrogen (secondary N) is 2. The van der Waals surface area contributed by atoms with Crippen LogP contribution in [0.1, 0.15) is 31.2 Å². The van der Waals surface area contributed by atoms with Crippen molar-refractivity contribution in [2.24, 2.45) is 0 Å². The minimum Gasteiger partial charge on any atom is -0.370 e. The molecule has 0 bridgehead atoms. The average Bonchev–Trinajstić information content (AvgIpc) is 3.08. The van der Waals surface area contributed by atoms with E-state index >= 15 is 0 Å². The van der Waals surface area contributed by atoms with Gasteiger partial charge in [0.05, 0.1) is 0 Å². The highest BCUT2D eigenvalue weighted by Gasteiger charge is 2.22. The first-order valence-corrected chi connectivity index (χ1v) is 9.22. The Morgan fingerprint density at radius 3 is 2.76 bits per heavy atom. The fraction of sp³-hybridized carbons (Fsp3) is 0.600. The first kappa shape index (κ1) is 14.8. The molecule has 1 aliphatic carbocycles. The van der Waals surface area contributed by atoms with Gasteiger partial charge in [-0.2, -0.15) is 13.1 Å². The lowest BCUT2D eigenvalue weighted by molar-refractivity contribution is 0.539. The number of benzene rings is 1. The summed E-state index contributed by atoms with van der Waals surface area (Å²) in [6, 6.07) is 8.45. The van der Waals surface area contributed by atoms with Gasteiger partial charge in [-0.05, 0) is 30.9 Å². The molecule has 1 heterocycles. The van der Waals surface area contributed by atoms with Crippen molar-refractivity contribution >= 4 is 15.9 Å². The summed E-state index contributed by atoms with van der Waals surface area (Å²) in [6.45, 7) is 2.12. The molecule has 5 nitrogen and oxygen atoms in total. The molecule has 0 saturated heterocycles. The second-order valence-electron chi connectivity index (χ2n) is 5.86. The number of hydrogen-bond acceptors (Lipinski definition) is 3. The van der Waals surface area contributed by atoms with Crippen LogP contribution in [0.3, 0.4) is 0 Å². The van der Waals surface area contributed by atoms with Crippen molar-refractivity contribution in [1.29, 1.82) is 0 Å². The molecule has 1 aromatic carbocycles. The summed E-state index contributed by atoms with van der Waals surface area (Å²) in [4.78, 5) is 2.24. The first-order valence-electron chi connectivity index (χ1n) is 7.74. The van der Waals surface area contributed by atoms with Gasteiger partial charge in [0, 0.05) is 31.4 Å². The lowest BCUT2D eigenvalue weighted by Crippen LogP contribution is -2.44. The number of para-hydroxylation sites is 1. The van der Waals surface area contributed by atoms with Gasteiger partial charge in [-0.1, -0.05) is 31.0 Å². The van der Waals surface area contributed by atoms with Gasteiger partial charge in [0.1, 0.15) is 0 Å². The smallest absolute Gasteiger partial charge is 0.277 e. The van der Waals surface area contributed by atoms with Gasteiger partial charge in [-0.15, -0.1) is 0 Å². The van der Waals surface area contributed by atoms with Crippen LogP contribution in [0.15, 0.2) is 24.3 Å². The molecule has 0 atom stereocenters. The third-order valence-corrected chi connectivity index (χ3v) is 5.56. The molecule has 0 radical (unpaired) electrons. The van der Waals surface area contributed by atoms with E-state index in [1.165, 1.54) is 11.3 Å². The molecule has 0 aromatic heterocycles. The fourth-order valence-electron chi connectivity index (χ4n) is 3.26. The number of hydrogen-bond donors (Lipinski definition) is 2. The second-order valence-corrected chi connectivity index (χ2v) is 7.39. The molecule has 0 unspecified atom stereocenters. The average molecular weight is 309 g/mol. The zero-order valence-corrected chi connectivity index (χ0v) is 13.0. The first-order chi connectivity index (χ1) is 10.1. The highest BCUT2D eigenvalue weighted by atomic mass is 32.2. The Morgan fingerprint density at radius 1 is 1.19 bits per heavy atom.